The van der Waals surface area contributed by atoms with Gasteiger partial charge in [0.1, 0.15) is 5.75 Å². The van der Waals surface area contributed by atoms with Gasteiger partial charge in [-0.1, -0.05) is 6.07 Å². The zero-order valence-electron chi connectivity index (χ0n) is 19.3. The standard InChI is InChI=1S/C26H24FN5O3S/c27-19-9-17(32-26(33)31-16-2-3-16)4-6-22(19)35-23-7-8-29-21-10-24(36-25(21)23)20-5-1-15(11-30-20)14-34-18-12-28-13-18/h1,4-11,16,18,28H,2-3,12-14H2,(H2,31,32,33). The van der Waals surface area contributed by atoms with E-state index < -0.39 is 5.82 Å². The van der Waals surface area contributed by atoms with E-state index in [9.17, 15) is 9.18 Å². The Morgan fingerprint density at radius 1 is 1.11 bits per heavy atom. The van der Waals surface area contributed by atoms with Crippen molar-refractivity contribution in [1.82, 2.24) is 20.6 Å². The summed E-state index contributed by atoms with van der Waals surface area (Å²) in [5.74, 6) is -0.00525. The number of nitrogens with zero attached hydrogens (tertiary/aromatic N) is 2. The number of carbonyl (C=O) groups excluding carboxylic acids is 1. The first kappa shape index (κ1) is 22.8. The van der Waals surface area contributed by atoms with E-state index >= 15 is 0 Å². The quantitative estimate of drug-likeness (QED) is 0.310. The minimum atomic E-state index is -0.571. The number of urea groups is 1. The van der Waals surface area contributed by atoms with Gasteiger partial charge in [-0.15, -0.1) is 11.3 Å². The van der Waals surface area contributed by atoms with Crippen LogP contribution in [0, 0.1) is 5.82 Å². The number of hydrogen-bond acceptors (Lipinski definition) is 7. The lowest BCUT2D eigenvalue weighted by Crippen LogP contribution is -2.48. The van der Waals surface area contributed by atoms with Gasteiger partial charge in [-0.05, 0) is 42.7 Å². The fourth-order valence-corrected chi connectivity index (χ4v) is 4.77. The number of benzene rings is 1. The molecule has 0 atom stereocenters. The van der Waals surface area contributed by atoms with E-state index in [2.05, 4.69) is 25.9 Å². The molecule has 2 aliphatic rings. The number of fused-ring (bicyclic) bond motifs is 1. The molecule has 4 aromatic rings. The molecule has 0 spiro atoms. The van der Waals surface area contributed by atoms with Crippen molar-refractivity contribution in [3.8, 4) is 22.1 Å². The summed E-state index contributed by atoms with van der Waals surface area (Å²) in [7, 11) is 0. The fraction of sp³-hybridized carbons (Fsp3) is 0.269. The van der Waals surface area contributed by atoms with Crippen LogP contribution >= 0.6 is 11.3 Å². The molecule has 6 rings (SSSR count). The monoisotopic (exact) mass is 505 g/mol. The summed E-state index contributed by atoms with van der Waals surface area (Å²) >= 11 is 1.48. The summed E-state index contributed by atoms with van der Waals surface area (Å²) < 4.78 is 27.3. The van der Waals surface area contributed by atoms with Crippen LogP contribution in [0.1, 0.15) is 18.4 Å². The SMILES string of the molecule is O=C(Nc1ccc(Oc2ccnc3cc(-c4ccc(COC5CNC5)cn4)sc23)c(F)c1)NC1CC1. The highest BCUT2D eigenvalue weighted by Gasteiger charge is 2.23. The maximum absolute atomic E-state index is 14.8. The lowest BCUT2D eigenvalue weighted by molar-refractivity contribution is 0.00748. The van der Waals surface area contributed by atoms with Crippen LogP contribution < -0.4 is 20.7 Å². The van der Waals surface area contributed by atoms with E-state index in [4.69, 9.17) is 9.47 Å². The van der Waals surface area contributed by atoms with Gasteiger partial charge in [0.2, 0.25) is 0 Å². The third-order valence-corrected chi connectivity index (χ3v) is 7.17. The van der Waals surface area contributed by atoms with Gasteiger partial charge in [0.05, 0.1) is 33.5 Å². The molecule has 3 N–H and O–H groups in total. The molecule has 0 radical (unpaired) electrons. The van der Waals surface area contributed by atoms with Crippen molar-refractivity contribution < 1.29 is 18.7 Å². The number of ether oxygens (including phenoxy) is 2. The van der Waals surface area contributed by atoms with Gasteiger partial charge < -0.3 is 25.4 Å². The molecule has 36 heavy (non-hydrogen) atoms. The van der Waals surface area contributed by atoms with Crippen molar-refractivity contribution in [3.63, 3.8) is 0 Å². The number of nitrogens with one attached hydrogen (secondary N) is 3. The summed E-state index contributed by atoms with van der Waals surface area (Å²) in [6.07, 6.45) is 5.70. The molecule has 8 nitrogen and oxygen atoms in total. The molecule has 4 heterocycles. The number of amides is 2. The maximum atomic E-state index is 14.8. The average Bonchev–Trinajstić information content (AvgIpc) is 3.54. The second-order valence-corrected chi connectivity index (χ2v) is 9.95. The predicted molar refractivity (Wildman–Crippen MR) is 136 cm³/mol. The van der Waals surface area contributed by atoms with Crippen LogP contribution in [0.25, 0.3) is 20.8 Å². The minimum absolute atomic E-state index is 0.0646. The van der Waals surface area contributed by atoms with Gasteiger partial charge in [0.15, 0.2) is 11.6 Å². The lowest BCUT2D eigenvalue weighted by atomic mass is 10.2. The maximum Gasteiger partial charge on any atom is 0.319 e. The van der Waals surface area contributed by atoms with E-state index in [0.717, 1.165) is 52.3 Å². The topological polar surface area (TPSA) is 97.4 Å². The second kappa shape index (κ2) is 9.81. The van der Waals surface area contributed by atoms with Crippen molar-refractivity contribution in [1.29, 1.82) is 0 Å². The molecule has 10 heteroatoms. The van der Waals surface area contributed by atoms with Crippen LogP contribution in [0.2, 0.25) is 0 Å². The van der Waals surface area contributed by atoms with Crippen molar-refractivity contribution in [3.05, 3.63) is 66.2 Å². The van der Waals surface area contributed by atoms with Crippen molar-refractivity contribution in [2.24, 2.45) is 0 Å². The van der Waals surface area contributed by atoms with Gasteiger partial charge >= 0.3 is 6.03 Å². The predicted octanol–water partition coefficient (Wildman–Crippen LogP) is 5.06. The van der Waals surface area contributed by atoms with Gasteiger partial charge in [-0.2, -0.15) is 0 Å². The lowest BCUT2D eigenvalue weighted by Gasteiger charge is -2.27. The minimum Gasteiger partial charge on any atom is -0.453 e. The number of aromatic nitrogens is 2. The van der Waals surface area contributed by atoms with Gasteiger partial charge in [-0.25, -0.2) is 9.18 Å². The molecule has 0 unspecified atom stereocenters. The highest BCUT2D eigenvalue weighted by molar-refractivity contribution is 7.22. The Balaban J connectivity index is 1.17. The number of rotatable bonds is 8. The summed E-state index contributed by atoms with van der Waals surface area (Å²) in [5.41, 5.74) is 2.95. The first-order valence-electron chi connectivity index (χ1n) is 11.8. The van der Waals surface area contributed by atoms with Crippen molar-refractivity contribution >= 4 is 33.3 Å². The van der Waals surface area contributed by atoms with E-state index in [1.165, 1.54) is 23.5 Å². The van der Waals surface area contributed by atoms with E-state index in [0.29, 0.717) is 18.0 Å². The van der Waals surface area contributed by atoms with Crippen molar-refractivity contribution in [2.45, 2.75) is 31.6 Å². The van der Waals surface area contributed by atoms with Crippen LogP contribution in [0.15, 0.2) is 54.9 Å². The Kier molecular flexibility index (Phi) is 6.22. The zero-order valence-corrected chi connectivity index (χ0v) is 20.1. The van der Waals surface area contributed by atoms with Gasteiger partial charge in [0, 0.05) is 49.3 Å². The molecule has 1 saturated heterocycles. The average molecular weight is 506 g/mol. The number of carbonyl (C=O) groups is 1. The summed E-state index contributed by atoms with van der Waals surface area (Å²) in [6.45, 7) is 2.33. The molecule has 3 aromatic heterocycles. The van der Waals surface area contributed by atoms with Crippen molar-refractivity contribution in [2.75, 3.05) is 18.4 Å². The highest BCUT2D eigenvalue weighted by Crippen LogP contribution is 2.39. The normalized spacial score (nSPS) is 15.5. The van der Waals surface area contributed by atoms with Crippen LogP contribution in [0.4, 0.5) is 14.9 Å². The fourth-order valence-electron chi connectivity index (χ4n) is 3.73. The molecule has 1 aromatic carbocycles. The third-order valence-electron chi connectivity index (χ3n) is 6.00. The Bertz CT molecular complexity index is 1400. The number of hydrogen-bond donors (Lipinski definition) is 3. The van der Waals surface area contributed by atoms with E-state index in [1.807, 2.05) is 24.4 Å². The van der Waals surface area contributed by atoms with Crippen LogP contribution in [-0.4, -0.2) is 41.2 Å². The Morgan fingerprint density at radius 2 is 2.00 bits per heavy atom. The first-order chi connectivity index (χ1) is 17.6. The van der Waals surface area contributed by atoms with E-state index in [-0.39, 0.29) is 23.9 Å². The molecular weight excluding hydrogens is 481 g/mol. The van der Waals surface area contributed by atoms with Gasteiger partial charge in [-0.3, -0.25) is 9.97 Å². The molecule has 1 aliphatic heterocycles. The van der Waals surface area contributed by atoms with Crippen LogP contribution in [-0.2, 0) is 11.3 Å². The molecule has 0 bridgehead atoms. The number of thiophene rings is 1. The van der Waals surface area contributed by atoms with Crippen LogP contribution in [0.5, 0.6) is 11.5 Å². The second-order valence-electron chi connectivity index (χ2n) is 8.90. The highest BCUT2D eigenvalue weighted by atomic mass is 32.1. The molecule has 184 valence electrons. The molecular formula is C26H24FN5O3S. The van der Waals surface area contributed by atoms with Crippen LogP contribution in [0.3, 0.4) is 0 Å². The smallest absolute Gasteiger partial charge is 0.319 e. The molecule has 1 saturated carbocycles. The Labute approximate surface area is 210 Å². The van der Waals surface area contributed by atoms with Gasteiger partial charge in [0.25, 0.3) is 0 Å². The molecule has 2 fully saturated rings. The van der Waals surface area contributed by atoms with E-state index in [1.54, 1.807) is 18.3 Å². The number of pyridine rings is 2. The molecule has 2 amide bonds. The summed E-state index contributed by atoms with van der Waals surface area (Å²) in [4.78, 5) is 21.9. The summed E-state index contributed by atoms with van der Waals surface area (Å²) in [5, 5.41) is 8.64. The Morgan fingerprint density at radius 3 is 2.72 bits per heavy atom. The Hall–Kier alpha value is -3.60. The molecule has 1 aliphatic carbocycles. The summed E-state index contributed by atoms with van der Waals surface area (Å²) in [6, 6.07) is 11.9. The number of halogens is 1. The zero-order chi connectivity index (χ0) is 24.5. The largest absolute Gasteiger partial charge is 0.453 e. The number of anilines is 1. The first-order valence-corrected chi connectivity index (χ1v) is 12.6. The third kappa shape index (κ3) is 5.15.